The van der Waals surface area contributed by atoms with Crippen LogP contribution in [-0.4, -0.2) is 46.2 Å². The molecule has 1 aliphatic rings. The van der Waals surface area contributed by atoms with E-state index in [1.165, 1.54) is 17.8 Å². The zero-order valence-corrected chi connectivity index (χ0v) is 15.1. The number of piperidine rings is 1. The van der Waals surface area contributed by atoms with E-state index in [1.807, 2.05) is 6.26 Å². The molecule has 8 nitrogen and oxygen atoms in total. The van der Waals surface area contributed by atoms with E-state index in [0.717, 1.165) is 30.8 Å². The Kier molecular flexibility index (Phi) is 5.67. The maximum absolute atomic E-state index is 12.6. The summed E-state index contributed by atoms with van der Waals surface area (Å²) in [6.07, 6.45) is 6.74. The first-order valence-corrected chi connectivity index (χ1v) is 9.46. The molecule has 136 valence electrons. The lowest BCUT2D eigenvalue weighted by Gasteiger charge is -2.32. The number of carbonyl (C=O) groups excluding carboxylic acids is 1. The molecule has 1 N–H and O–H groups in total. The van der Waals surface area contributed by atoms with Gasteiger partial charge in [-0.05, 0) is 37.3 Å². The second-order valence-electron chi connectivity index (χ2n) is 5.92. The van der Waals surface area contributed by atoms with Crippen LogP contribution in [0.1, 0.15) is 23.2 Å². The molecular weight excluding hydrogens is 354 g/mol. The number of benzene rings is 1. The molecule has 2 aromatic rings. The normalized spacial score (nSPS) is 14.9. The number of nitrogens with zero attached hydrogens (tertiary/aromatic N) is 4. The first kappa shape index (κ1) is 18.1. The van der Waals surface area contributed by atoms with Gasteiger partial charge in [-0.15, -0.1) is 11.8 Å². The van der Waals surface area contributed by atoms with Crippen molar-refractivity contribution in [3.63, 3.8) is 0 Å². The van der Waals surface area contributed by atoms with E-state index in [9.17, 15) is 14.9 Å². The number of hydrogen-bond donors (Lipinski definition) is 1. The summed E-state index contributed by atoms with van der Waals surface area (Å²) in [5, 5.41) is 14.1. The van der Waals surface area contributed by atoms with Crippen molar-refractivity contribution < 1.29 is 9.72 Å². The summed E-state index contributed by atoms with van der Waals surface area (Å²) in [6.45, 7) is 1.45. The highest BCUT2D eigenvalue weighted by Gasteiger charge is 2.26. The summed E-state index contributed by atoms with van der Waals surface area (Å²) < 4.78 is 0. The van der Waals surface area contributed by atoms with Crippen LogP contribution >= 0.6 is 11.8 Å². The second kappa shape index (κ2) is 8.13. The van der Waals surface area contributed by atoms with Gasteiger partial charge in [0.2, 0.25) is 5.95 Å². The quantitative estimate of drug-likeness (QED) is 0.488. The van der Waals surface area contributed by atoms with Crippen molar-refractivity contribution in [3.8, 4) is 0 Å². The van der Waals surface area contributed by atoms with Crippen LogP contribution < -0.4 is 10.2 Å². The van der Waals surface area contributed by atoms with Gasteiger partial charge in [0, 0.05) is 42.5 Å². The molecule has 0 unspecified atom stereocenters. The Labute approximate surface area is 155 Å². The number of carbonyl (C=O) groups is 1. The van der Waals surface area contributed by atoms with E-state index in [4.69, 9.17) is 0 Å². The molecule has 26 heavy (non-hydrogen) atoms. The predicted octanol–water partition coefficient (Wildman–Crippen LogP) is 2.51. The Morgan fingerprint density at radius 3 is 2.62 bits per heavy atom. The van der Waals surface area contributed by atoms with Gasteiger partial charge < -0.3 is 10.2 Å². The fourth-order valence-electron chi connectivity index (χ4n) is 2.92. The first-order chi connectivity index (χ1) is 12.6. The average molecular weight is 373 g/mol. The fraction of sp³-hybridized carbons (Fsp3) is 0.353. The summed E-state index contributed by atoms with van der Waals surface area (Å²) >= 11 is 1.44. The number of thioether (sulfide) groups is 1. The number of nitrogens with one attached hydrogen (secondary N) is 1. The highest BCUT2D eigenvalue weighted by molar-refractivity contribution is 7.98. The molecule has 0 aliphatic carbocycles. The van der Waals surface area contributed by atoms with Crippen LogP contribution in [0, 0.1) is 10.1 Å². The molecule has 2 heterocycles. The molecule has 1 saturated heterocycles. The van der Waals surface area contributed by atoms with Crippen molar-refractivity contribution in [2.75, 3.05) is 24.2 Å². The molecule has 0 bridgehead atoms. The SMILES string of the molecule is CSc1ccc([N+](=O)[O-])c(C(=O)NC2CCN(c3ncccn3)CC2)c1. The fourth-order valence-corrected chi connectivity index (χ4v) is 3.36. The molecule has 1 aromatic carbocycles. The summed E-state index contributed by atoms with van der Waals surface area (Å²) in [6, 6.07) is 6.35. The maximum Gasteiger partial charge on any atom is 0.282 e. The highest BCUT2D eigenvalue weighted by atomic mass is 32.2. The molecular formula is C17H19N5O3S. The van der Waals surface area contributed by atoms with Crippen molar-refractivity contribution >= 4 is 29.3 Å². The number of anilines is 1. The van der Waals surface area contributed by atoms with Crippen molar-refractivity contribution in [2.24, 2.45) is 0 Å². The van der Waals surface area contributed by atoms with E-state index >= 15 is 0 Å². The van der Waals surface area contributed by atoms with Gasteiger partial charge in [-0.1, -0.05) is 0 Å². The van der Waals surface area contributed by atoms with E-state index in [2.05, 4.69) is 20.2 Å². The lowest BCUT2D eigenvalue weighted by atomic mass is 10.0. The number of aromatic nitrogens is 2. The van der Waals surface area contributed by atoms with Crippen LogP contribution in [0.25, 0.3) is 0 Å². The molecule has 0 spiro atoms. The third-order valence-corrected chi connectivity index (χ3v) is 5.04. The van der Waals surface area contributed by atoms with Crippen molar-refractivity contribution in [1.82, 2.24) is 15.3 Å². The summed E-state index contributed by atoms with van der Waals surface area (Å²) in [7, 11) is 0. The third kappa shape index (κ3) is 4.10. The molecule has 0 radical (unpaired) electrons. The Morgan fingerprint density at radius 2 is 2.00 bits per heavy atom. The van der Waals surface area contributed by atoms with Gasteiger partial charge in [-0.3, -0.25) is 14.9 Å². The zero-order valence-electron chi connectivity index (χ0n) is 14.3. The van der Waals surface area contributed by atoms with Gasteiger partial charge in [-0.2, -0.15) is 0 Å². The number of hydrogen-bond acceptors (Lipinski definition) is 7. The van der Waals surface area contributed by atoms with E-state index in [1.54, 1.807) is 30.6 Å². The molecule has 1 aromatic heterocycles. The predicted molar refractivity (Wildman–Crippen MR) is 99.6 cm³/mol. The van der Waals surface area contributed by atoms with Crippen LogP contribution in [0.5, 0.6) is 0 Å². The van der Waals surface area contributed by atoms with E-state index < -0.39 is 10.8 Å². The number of nitro benzene ring substituents is 1. The molecule has 0 saturated carbocycles. The number of rotatable bonds is 5. The number of nitro groups is 1. The van der Waals surface area contributed by atoms with Crippen LogP contribution in [-0.2, 0) is 0 Å². The Bertz CT molecular complexity index is 794. The van der Waals surface area contributed by atoms with E-state index in [-0.39, 0.29) is 17.3 Å². The van der Waals surface area contributed by atoms with Gasteiger partial charge >= 0.3 is 0 Å². The second-order valence-corrected chi connectivity index (χ2v) is 6.80. The Morgan fingerprint density at radius 1 is 1.31 bits per heavy atom. The minimum Gasteiger partial charge on any atom is -0.349 e. The molecule has 1 aliphatic heterocycles. The van der Waals surface area contributed by atoms with Gasteiger partial charge in [0.1, 0.15) is 5.56 Å². The molecule has 1 amide bonds. The summed E-state index contributed by atoms with van der Waals surface area (Å²) in [5.41, 5.74) is -0.0638. The van der Waals surface area contributed by atoms with Crippen molar-refractivity contribution in [2.45, 2.75) is 23.8 Å². The molecule has 1 fully saturated rings. The van der Waals surface area contributed by atoms with E-state index in [0.29, 0.717) is 5.95 Å². The van der Waals surface area contributed by atoms with Gasteiger partial charge in [0.25, 0.3) is 11.6 Å². The van der Waals surface area contributed by atoms with Gasteiger partial charge in [0.05, 0.1) is 4.92 Å². The van der Waals surface area contributed by atoms with Crippen LogP contribution in [0.15, 0.2) is 41.6 Å². The first-order valence-electron chi connectivity index (χ1n) is 8.23. The summed E-state index contributed by atoms with van der Waals surface area (Å²) in [4.78, 5) is 34.6. The lowest BCUT2D eigenvalue weighted by molar-refractivity contribution is -0.385. The van der Waals surface area contributed by atoms with Crippen molar-refractivity contribution in [1.29, 1.82) is 0 Å². The molecule has 3 rings (SSSR count). The highest BCUT2D eigenvalue weighted by Crippen LogP contribution is 2.25. The Balaban J connectivity index is 1.65. The average Bonchev–Trinajstić information content (AvgIpc) is 2.68. The minimum absolute atomic E-state index is 0.0278. The standard InChI is InChI=1S/C17H19N5O3S/c1-26-13-3-4-15(22(24)25)14(11-13)16(23)20-12-5-9-21(10-6-12)17-18-7-2-8-19-17/h2-4,7-8,11-12H,5-6,9-10H2,1H3,(H,20,23). The lowest BCUT2D eigenvalue weighted by Crippen LogP contribution is -2.45. The Hall–Kier alpha value is -2.68. The number of amides is 1. The van der Waals surface area contributed by atoms with Crippen LogP contribution in [0.2, 0.25) is 0 Å². The molecule has 0 atom stereocenters. The topological polar surface area (TPSA) is 101 Å². The molecule has 9 heteroatoms. The van der Waals surface area contributed by atoms with Gasteiger partial charge in [-0.25, -0.2) is 9.97 Å². The summed E-state index contributed by atoms with van der Waals surface area (Å²) in [5.74, 6) is 0.280. The maximum atomic E-state index is 12.6. The zero-order chi connectivity index (χ0) is 18.5. The third-order valence-electron chi connectivity index (χ3n) is 4.31. The monoisotopic (exact) mass is 373 g/mol. The van der Waals surface area contributed by atoms with Crippen LogP contribution in [0.3, 0.4) is 0 Å². The van der Waals surface area contributed by atoms with Gasteiger partial charge in [0.15, 0.2) is 0 Å². The van der Waals surface area contributed by atoms with Crippen molar-refractivity contribution in [3.05, 3.63) is 52.3 Å². The largest absolute Gasteiger partial charge is 0.349 e. The minimum atomic E-state index is -0.519. The van der Waals surface area contributed by atoms with Crippen LogP contribution in [0.4, 0.5) is 11.6 Å². The smallest absolute Gasteiger partial charge is 0.282 e.